The van der Waals surface area contributed by atoms with Crippen molar-refractivity contribution in [3.63, 3.8) is 0 Å². The van der Waals surface area contributed by atoms with E-state index in [1.165, 1.54) is 12.2 Å². The summed E-state index contributed by atoms with van der Waals surface area (Å²) in [5.41, 5.74) is 0.382. The van der Waals surface area contributed by atoms with Crippen molar-refractivity contribution in [2.45, 2.75) is 0 Å². The molecule has 0 amide bonds. The van der Waals surface area contributed by atoms with Gasteiger partial charge in [-0.05, 0) is 47.5 Å². The number of carbonyl (C=O) groups is 1. The number of allylic oxidation sites excluding steroid dienone is 2. The van der Waals surface area contributed by atoms with Crippen LogP contribution in [-0.2, 0) is 4.79 Å². The Labute approximate surface area is 124 Å². The highest BCUT2D eigenvalue weighted by Gasteiger charge is 1.99. The van der Waals surface area contributed by atoms with Crippen molar-refractivity contribution in [1.29, 1.82) is 0 Å². The molecule has 22 heavy (non-hydrogen) atoms. The largest absolute Gasteiger partial charge is 0.290 e. The molecule has 0 N–H and O–H groups in total. The van der Waals surface area contributed by atoms with Gasteiger partial charge in [0.1, 0.15) is 23.3 Å². The minimum absolute atomic E-state index is 0.191. The molecule has 1 nitrogen and oxygen atoms in total. The zero-order chi connectivity index (χ0) is 16.1. The van der Waals surface area contributed by atoms with Gasteiger partial charge in [-0.1, -0.05) is 12.2 Å². The van der Waals surface area contributed by atoms with Gasteiger partial charge in [0.15, 0.2) is 5.78 Å². The SMILES string of the molecule is O=C(/C=C/c1cc(F)cc(F)c1)/C=C/c1cc(F)cc(F)c1. The zero-order valence-electron chi connectivity index (χ0n) is 11.2. The Kier molecular flexibility index (Phi) is 4.88. The molecule has 0 aromatic heterocycles. The van der Waals surface area contributed by atoms with Gasteiger partial charge in [0.05, 0.1) is 0 Å². The van der Waals surface area contributed by atoms with Crippen molar-refractivity contribution in [2.24, 2.45) is 0 Å². The third kappa shape index (κ3) is 4.70. The Bertz CT molecular complexity index is 659. The molecular weight excluding hydrogens is 296 g/mol. The van der Waals surface area contributed by atoms with Crippen molar-refractivity contribution >= 4 is 17.9 Å². The third-order valence-corrected chi connectivity index (χ3v) is 2.65. The second-order valence-electron chi connectivity index (χ2n) is 4.47. The van der Waals surface area contributed by atoms with Crippen LogP contribution in [0.25, 0.3) is 12.2 Å². The van der Waals surface area contributed by atoms with Crippen LogP contribution < -0.4 is 0 Å². The average molecular weight is 306 g/mol. The molecule has 5 heteroatoms. The van der Waals surface area contributed by atoms with Gasteiger partial charge in [0.25, 0.3) is 0 Å². The second-order valence-corrected chi connectivity index (χ2v) is 4.47. The van der Waals surface area contributed by atoms with E-state index in [-0.39, 0.29) is 11.1 Å². The minimum atomic E-state index is -0.752. The molecule has 0 aliphatic carbocycles. The number of rotatable bonds is 4. The Morgan fingerprint density at radius 2 is 0.955 bits per heavy atom. The lowest BCUT2D eigenvalue weighted by Crippen LogP contribution is -1.87. The van der Waals surface area contributed by atoms with Crippen molar-refractivity contribution in [2.75, 3.05) is 0 Å². The first-order valence-electron chi connectivity index (χ1n) is 6.25. The van der Waals surface area contributed by atoms with E-state index in [0.29, 0.717) is 0 Å². The average Bonchev–Trinajstić information content (AvgIpc) is 2.41. The molecule has 2 aromatic carbocycles. The number of ketones is 1. The molecule has 0 bridgehead atoms. The van der Waals surface area contributed by atoms with E-state index in [1.807, 2.05) is 0 Å². The quantitative estimate of drug-likeness (QED) is 0.599. The lowest BCUT2D eigenvalue weighted by molar-refractivity contribution is -0.110. The predicted molar refractivity (Wildman–Crippen MR) is 75.8 cm³/mol. The fourth-order valence-corrected chi connectivity index (χ4v) is 1.76. The summed E-state index contributed by atoms with van der Waals surface area (Å²) in [6, 6.07) is 5.71. The topological polar surface area (TPSA) is 17.1 Å². The monoisotopic (exact) mass is 306 g/mol. The molecule has 0 spiro atoms. The van der Waals surface area contributed by atoms with Crippen molar-refractivity contribution in [1.82, 2.24) is 0 Å². The molecular formula is C17H10F4O. The summed E-state index contributed by atoms with van der Waals surface area (Å²) in [7, 11) is 0. The fraction of sp³-hybridized carbons (Fsp3) is 0. The summed E-state index contributed by atoms with van der Waals surface area (Å²) in [4.78, 5) is 11.6. The van der Waals surface area contributed by atoms with E-state index in [9.17, 15) is 22.4 Å². The standard InChI is InChI=1S/C17H10F4O/c18-13-5-11(6-14(19)9-13)1-3-17(22)4-2-12-7-15(20)10-16(21)8-12/h1-10H/b3-1+,4-2+. The highest BCUT2D eigenvalue weighted by Crippen LogP contribution is 2.11. The normalized spacial score (nSPS) is 11.5. The molecule has 0 unspecified atom stereocenters. The highest BCUT2D eigenvalue weighted by atomic mass is 19.1. The molecule has 2 rings (SSSR count). The maximum atomic E-state index is 13.0. The van der Waals surface area contributed by atoms with Gasteiger partial charge in [0, 0.05) is 12.1 Å². The molecule has 112 valence electrons. The van der Waals surface area contributed by atoms with Crippen molar-refractivity contribution in [3.8, 4) is 0 Å². The molecule has 2 aromatic rings. The van der Waals surface area contributed by atoms with Crippen LogP contribution >= 0.6 is 0 Å². The van der Waals surface area contributed by atoms with Crippen LogP contribution in [0.4, 0.5) is 17.6 Å². The summed E-state index contributed by atoms with van der Waals surface area (Å²) in [5, 5.41) is 0. The summed E-state index contributed by atoms with van der Waals surface area (Å²) < 4.78 is 51.8. The van der Waals surface area contributed by atoms with Crippen LogP contribution in [-0.4, -0.2) is 5.78 Å². The Hall–Kier alpha value is -2.69. The number of carbonyl (C=O) groups excluding carboxylic acids is 1. The predicted octanol–water partition coefficient (Wildman–Crippen LogP) is 4.54. The number of benzene rings is 2. The summed E-state index contributed by atoms with van der Waals surface area (Å²) in [6.07, 6.45) is 4.68. The van der Waals surface area contributed by atoms with E-state index >= 15 is 0 Å². The van der Waals surface area contributed by atoms with Gasteiger partial charge in [-0.2, -0.15) is 0 Å². The molecule has 0 aliphatic rings. The Balaban J connectivity index is 2.08. The van der Waals surface area contributed by atoms with Crippen LogP contribution in [0.1, 0.15) is 11.1 Å². The first kappa shape index (κ1) is 15.7. The zero-order valence-corrected chi connectivity index (χ0v) is 11.2. The molecule has 0 aliphatic heterocycles. The van der Waals surface area contributed by atoms with Crippen LogP contribution in [0.5, 0.6) is 0 Å². The highest BCUT2D eigenvalue weighted by molar-refractivity contribution is 6.04. The van der Waals surface area contributed by atoms with Crippen LogP contribution in [0.15, 0.2) is 48.6 Å². The lowest BCUT2D eigenvalue weighted by Gasteiger charge is -1.95. The molecule has 0 saturated carbocycles. The van der Waals surface area contributed by atoms with E-state index in [0.717, 1.165) is 48.6 Å². The Morgan fingerprint density at radius 1 is 0.636 bits per heavy atom. The molecule has 0 heterocycles. The van der Waals surface area contributed by atoms with Gasteiger partial charge >= 0.3 is 0 Å². The third-order valence-electron chi connectivity index (χ3n) is 2.65. The van der Waals surface area contributed by atoms with Crippen molar-refractivity contribution in [3.05, 3.63) is 82.9 Å². The van der Waals surface area contributed by atoms with Gasteiger partial charge in [-0.3, -0.25) is 4.79 Å². The molecule has 0 atom stereocenters. The smallest absolute Gasteiger partial charge is 0.178 e. The van der Waals surface area contributed by atoms with E-state index < -0.39 is 29.1 Å². The lowest BCUT2D eigenvalue weighted by atomic mass is 10.1. The van der Waals surface area contributed by atoms with Crippen LogP contribution in [0.3, 0.4) is 0 Å². The van der Waals surface area contributed by atoms with E-state index in [2.05, 4.69) is 0 Å². The fourth-order valence-electron chi connectivity index (χ4n) is 1.76. The van der Waals surface area contributed by atoms with Gasteiger partial charge < -0.3 is 0 Å². The van der Waals surface area contributed by atoms with E-state index in [4.69, 9.17) is 0 Å². The van der Waals surface area contributed by atoms with Gasteiger partial charge in [-0.15, -0.1) is 0 Å². The van der Waals surface area contributed by atoms with Gasteiger partial charge in [0.2, 0.25) is 0 Å². The molecule has 0 radical (unpaired) electrons. The van der Waals surface area contributed by atoms with Crippen LogP contribution in [0.2, 0.25) is 0 Å². The summed E-state index contributed by atoms with van der Waals surface area (Å²) >= 11 is 0. The second kappa shape index (κ2) is 6.85. The summed E-state index contributed by atoms with van der Waals surface area (Å²) in [5.74, 6) is -3.50. The first-order valence-corrected chi connectivity index (χ1v) is 6.25. The number of hydrogen-bond donors (Lipinski definition) is 0. The van der Waals surface area contributed by atoms with Crippen LogP contribution in [0, 0.1) is 23.3 Å². The van der Waals surface area contributed by atoms with Crippen molar-refractivity contribution < 1.29 is 22.4 Å². The maximum absolute atomic E-state index is 13.0. The molecule has 0 saturated heterocycles. The summed E-state index contributed by atoms with van der Waals surface area (Å²) in [6.45, 7) is 0. The van der Waals surface area contributed by atoms with E-state index in [1.54, 1.807) is 0 Å². The Morgan fingerprint density at radius 3 is 1.27 bits per heavy atom. The first-order chi connectivity index (χ1) is 10.4. The minimum Gasteiger partial charge on any atom is -0.290 e. The number of hydrogen-bond acceptors (Lipinski definition) is 1. The number of halogens is 4. The van der Waals surface area contributed by atoms with Gasteiger partial charge in [-0.25, -0.2) is 17.6 Å². The maximum Gasteiger partial charge on any atom is 0.178 e. The molecule has 0 fully saturated rings.